The number of hydrogen-bond acceptors (Lipinski definition) is 2. The molecule has 1 fully saturated rings. The normalized spacial score (nSPS) is 24.7. The monoisotopic (exact) mass is 189 g/mol. The van der Waals surface area contributed by atoms with E-state index in [2.05, 4.69) is 11.5 Å². The van der Waals surface area contributed by atoms with Crippen LogP contribution in [0, 0.1) is 5.92 Å². The van der Waals surface area contributed by atoms with Gasteiger partial charge in [-0.05, 0) is 24.5 Å². The summed E-state index contributed by atoms with van der Waals surface area (Å²) < 4.78 is 0. The highest BCUT2D eigenvalue weighted by Crippen LogP contribution is 2.16. The topological polar surface area (TPSA) is 23.5 Å². The minimum absolute atomic E-state index is 0.309. The first-order valence-electron chi connectivity index (χ1n) is 4.32. The third kappa shape index (κ3) is 2.77. The van der Waals surface area contributed by atoms with Crippen LogP contribution in [-0.2, 0) is 0 Å². The molecule has 0 aromatic rings. The number of halogens is 1. The molecular weight excluding hydrogens is 174 g/mol. The van der Waals surface area contributed by atoms with E-state index in [-0.39, 0.29) is 0 Å². The Bertz CT molecular complexity index is 161. The second kappa shape index (κ2) is 4.85. The molecule has 12 heavy (non-hydrogen) atoms. The van der Waals surface area contributed by atoms with Crippen molar-refractivity contribution in [1.29, 1.82) is 0 Å². The average molecular weight is 190 g/mol. The zero-order valence-corrected chi connectivity index (χ0v) is 8.06. The van der Waals surface area contributed by atoms with E-state index in [4.69, 9.17) is 16.7 Å². The lowest BCUT2D eigenvalue weighted by atomic mass is 10.1. The number of likely N-dealkylation sites (tertiary alicyclic amines) is 1. The van der Waals surface area contributed by atoms with E-state index in [1.54, 1.807) is 0 Å². The van der Waals surface area contributed by atoms with Crippen molar-refractivity contribution >= 4 is 11.6 Å². The molecule has 0 radical (unpaired) electrons. The zero-order valence-electron chi connectivity index (χ0n) is 7.30. The SMILES string of the molecule is C=C(CCl)CN1CCC(CO)C1. The van der Waals surface area contributed by atoms with Crippen LogP contribution in [0.25, 0.3) is 0 Å². The third-order valence-electron chi connectivity index (χ3n) is 2.26. The Morgan fingerprint density at radius 2 is 2.42 bits per heavy atom. The van der Waals surface area contributed by atoms with Gasteiger partial charge in [-0.1, -0.05) is 6.58 Å². The van der Waals surface area contributed by atoms with Gasteiger partial charge in [-0.3, -0.25) is 4.90 Å². The first-order valence-corrected chi connectivity index (χ1v) is 4.85. The molecule has 70 valence electrons. The molecule has 0 spiro atoms. The van der Waals surface area contributed by atoms with Crippen LogP contribution >= 0.6 is 11.6 Å². The molecule has 0 aliphatic carbocycles. The van der Waals surface area contributed by atoms with Gasteiger partial charge in [0.1, 0.15) is 0 Å². The molecule has 2 nitrogen and oxygen atoms in total. The van der Waals surface area contributed by atoms with Crippen molar-refractivity contribution in [3.05, 3.63) is 12.2 Å². The molecule has 1 saturated heterocycles. The number of hydrogen-bond donors (Lipinski definition) is 1. The Balaban J connectivity index is 2.23. The zero-order chi connectivity index (χ0) is 8.97. The highest BCUT2D eigenvalue weighted by Gasteiger charge is 2.21. The smallest absolute Gasteiger partial charge is 0.0471 e. The van der Waals surface area contributed by atoms with Crippen molar-refractivity contribution in [3.8, 4) is 0 Å². The predicted molar refractivity (Wildman–Crippen MR) is 51.5 cm³/mol. The largest absolute Gasteiger partial charge is 0.396 e. The van der Waals surface area contributed by atoms with Gasteiger partial charge in [0.25, 0.3) is 0 Å². The number of rotatable bonds is 4. The fourth-order valence-corrected chi connectivity index (χ4v) is 1.65. The van der Waals surface area contributed by atoms with Crippen LogP contribution in [0.3, 0.4) is 0 Å². The Morgan fingerprint density at radius 1 is 1.67 bits per heavy atom. The summed E-state index contributed by atoms with van der Waals surface area (Å²) >= 11 is 5.63. The van der Waals surface area contributed by atoms with Crippen LogP contribution in [0.1, 0.15) is 6.42 Å². The molecule has 0 amide bonds. The molecule has 1 atom stereocenters. The van der Waals surface area contributed by atoms with Gasteiger partial charge in [0.05, 0.1) is 0 Å². The van der Waals surface area contributed by atoms with Gasteiger partial charge in [-0.25, -0.2) is 0 Å². The van der Waals surface area contributed by atoms with Crippen molar-refractivity contribution in [2.24, 2.45) is 5.92 Å². The van der Waals surface area contributed by atoms with Crippen LogP contribution < -0.4 is 0 Å². The van der Waals surface area contributed by atoms with Crippen LogP contribution in [0.5, 0.6) is 0 Å². The molecule has 1 aliphatic heterocycles. The van der Waals surface area contributed by atoms with Crippen molar-refractivity contribution in [2.45, 2.75) is 6.42 Å². The summed E-state index contributed by atoms with van der Waals surface area (Å²) in [5.41, 5.74) is 1.07. The lowest BCUT2D eigenvalue weighted by Gasteiger charge is -2.15. The van der Waals surface area contributed by atoms with Crippen LogP contribution in [-0.4, -0.2) is 42.1 Å². The Labute approximate surface area is 78.8 Å². The van der Waals surface area contributed by atoms with E-state index in [1.807, 2.05) is 0 Å². The maximum absolute atomic E-state index is 8.90. The van der Waals surface area contributed by atoms with E-state index in [0.29, 0.717) is 18.4 Å². The minimum Gasteiger partial charge on any atom is -0.396 e. The molecule has 1 heterocycles. The fraction of sp³-hybridized carbons (Fsp3) is 0.778. The summed E-state index contributed by atoms with van der Waals surface area (Å²) in [5, 5.41) is 8.90. The highest BCUT2D eigenvalue weighted by molar-refractivity contribution is 6.19. The summed E-state index contributed by atoms with van der Waals surface area (Å²) in [6.07, 6.45) is 1.10. The van der Waals surface area contributed by atoms with Gasteiger partial charge in [-0.15, -0.1) is 11.6 Å². The average Bonchev–Trinajstić information content (AvgIpc) is 2.52. The third-order valence-corrected chi connectivity index (χ3v) is 2.64. The molecule has 0 bridgehead atoms. The van der Waals surface area contributed by atoms with Crippen molar-refractivity contribution in [2.75, 3.05) is 32.1 Å². The van der Waals surface area contributed by atoms with Crippen LogP contribution in [0.15, 0.2) is 12.2 Å². The lowest BCUT2D eigenvalue weighted by Crippen LogP contribution is -2.24. The van der Waals surface area contributed by atoms with Crippen molar-refractivity contribution < 1.29 is 5.11 Å². The van der Waals surface area contributed by atoms with Gasteiger partial charge in [0, 0.05) is 25.6 Å². The van der Waals surface area contributed by atoms with E-state index >= 15 is 0 Å². The lowest BCUT2D eigenvalue weighted by molar-refractivity contribution is 0.224. The van der Waals surface area contributed by atoms with Gasteiger partial charge >= 0.3 is 0 Å². The van der Waals surface area contributed by atoms with Crippen molar-refractivity contribution in [3.63, 3.8) is 0 Å². The van der Waals surface area contributed by atoms with Crippen LogP contribution in [0.2, 0.25) is 0 Å². The highest BCUT2D eigenvalue weighted by atomic mass is 35.5. The number of aliphatic hydroxyl groups excluding tert-OH is 1. The summed E-state index contributed by atoms with van der Waals surface area (Å²) in [5.74, 6) is 1.01. The second-order valence-corrected chi connectivity index (χ2v) is 3.72. The standard InChI is InChI=1S/C9H16ClNO/c1-8(4-10)5-11-3-2-9(6-11)7-12/h9,12H,1-7H2. The maximum Gasteiger partial charge on any atom is 0.0471 e. The second-order valence-electron chi connectivity index (χ2n) is 3.46. The molecule has 0 aromatic heterocycles. The molecule has 1 aliphatic rings. The first-order chi connectivity index (χ1) is 5.76. The van der Waals surface area contributed by atoms with Gasteiger partial charge in [0.15, 0.2) is 0 Å². The first kappa shape index (κ1) is 10.0. The summed E-state index contributed by atoms with van der Waals surface area (Å²) in [6.45, 7) is 7.11. The van der Waals surface area contributed by atoms with Gasteiger partial charge in [0.2, 0.25) is 0 Å². The Hall–Kier alpha value is -0.0500. The Kier molecular flexibility index (Phi) is 4.06. The number of aliphatic hydroxyl groups is 1. The van der Waals surface area contributed by atoms with Crippen LogP contribution in [0.4, 0.5) is 0 Å². The quantitative estimate of drug-likeness (QED) is 0.529. The molecule has 1 unspecified atom stereocenters. The molecule has 0 aromatic carbocycles. The molecule has 1 N–H and O–H groups in total. The predicted octanol–water partition coefficient (Wildman–Crippen LogP) is 1.10. The summed E-state index contributed by atoms with van der Waals surface area (Å²) in [6, 6.07) is 0. The molecular formula is C9H16ClNO. The van der Waals surface area contributed by atoms with E-state index in [1.165, 1.54) is 0 Å². The molecule has 3 heteroatoms. The molecule has 1 rings (SSSR count). The van der Waals surface area contributed by atoms with Crippen molar-refractivity contribution in [1.82, 2.24) is 4.90 Å². The summed E-state index contributed by atoms with van der Waals surface area (Å²) in [7, 11) is 0. The van der Waals surface area contributed by atoms with E-state index < -0.39 is 0 Å². The maximum atomic E-state index is 8.90. The number of nitrogens with zero attached hydrogens (tertiary/aromatic N) is 1. The van der Waals surface area contributed by atoms with Gasteiger partial charge in [-0.2, -0.15) is 0 Å². The minimum atomic E-state index is 0.309. The Morgan fingerprint density at radius 3 is 2.92 bits per heavy atom. The fourth-order valence-electron chi connectivity index (χ4n) is 1.56. The summed E-state index contributed by atoms with van der Waals surface area (Å²) in [4.78, 5) is 2.30. The van der Waals surface area contributed by atoms with Gasteiger partial charge < -0.3 is 5.11 Å². The molecule has 0 saturated carbocycles. The number of alkyl halides is 1. The van der Waals surface area contributed by atoms with E-state index in [9.17, 15) is 0 Å². The van der Waals surface area contributed by atoms with E-state index in [0.717, 1.165) is 31.6 Å².